The zero-order chi connectivity index (χ0) is 17.5. The Balaban J connectivity index is 2.03. The first-order chi connectivity index (χ1) is 11.5. The Bertz CT molecular complexity index is 691. The summed E-state index contributed by atoms with van der Waals surface area (Å²) in [5.41, 5.74) is 0.380. The molecule has 3 N–H and O–H groups in total. The Kier molecular flexibility index (Phi) is 5.96. The van der Waals surface area contributed by atoms with Crippen LogP contribution in [-0.4, -0.2) is 23.0 Å². The Morgan fingerprint density at radius 2 is 2.08 bits per heavy atom. The average Bonchev–Trinajstić information content (AvgIpc) is 2.57. The lowest BCUT2D eigenvalue weighted by atomic mass is 9.86. The third-order valence-corrected chi connectivity index (χ3v) is 4.29. The maximum atomic E-state index is 12.2. The monoisotopic (exact) mass is 327 g/mol. The lowest BCUT2D eigenvalue weighted by Crippen LogP contribution is -2.34. The van der Waals surface area contributed by atoms with Crippen LogP contribution in [0, 0.1) is 17.2 Å². The van der Waals surface area contributed by atoms with E-state index in [1.165, 1.54) is 30.8 Å². The standard InChI is InChI=1S/C18H21N3O3/c1-12-5-2-3-8-16(12)20-11-14(10-19)17(22)21-15-7-4-6-13(9-15)18(23)24/h4,6-7,9,11-12,16,20H,2-3,5,8H2,1H3,(H,21,22)(H,23,24)/b14-11-. The first kappa shape index (κ1) is 17.5. The molecule has 2 atom stereocenters. The van der Waals surface area contributed by atoms with Gasteiger partial charge in [0.2, 0.25) is 0 Å². The molecule has 2 rings (SSSR count). The quantitative estimate of drug-likeness (QED) is 0.570. The molecule has 0 bridgehead atoms. The number of carboxylic acids is 1. The number of aromatic carboxylic acids is 1. The predicted molar refractivity (Wildman–Crippen MR) is 90.3 cm³/mol. The van der Waals surface area contributed by atoms with E-state index in [2.05, 4.69) is 17.6 Å². The molecule has 1 fully saturated rings. The number of rotatable bonds is 5. The molecule has 1 saturated carbocycles. The maximum Gasteiger partial charge on any atom is 0.335 e. The molecule has 24 heavy (non-hydrogen) atoms. The number of hydrogen-bond donors (Lipinski definition) is 3. The van der Waals surface area contributed by atoms with Gasteiger partial charge in [-0.1, -0.05) is 25.8 Å². The zero-order valence-corrected chi connectivity index (χ0v) is 13.6. The Labute approximate surface area is 141 Å². The van der Waals surface area contributed by atoms with Crippen molar-refractivity contribution in [2.45, 2.75) is 38.6 Å². The molecule has 1 aliphatic carbocycles. The normalized spacial score (nSPS) is 20.8. The lowest BCUT2D eigenvalue weighted by Gasteiger charge is -2.29. The SMILES string of the molecule is CC1CCCCC1N/C=C(/C#N)C(=O)Nc1cccc(C(=O)O)c1. The van der Waals surface area contributed by atoms with Crippen molar-refractivity contribution in [3.8, 4) is 6.07 Å². The molecule has 0 heterocycles. The Hall–Kier alpha value is -2.81. The summed E-state index contributed by atoms with van der Waals surface area (Å²) >= 11 is 0. The number of nitrogens with zero attached hydrogens (tertiary/aromatic N) is 1. The highest BCUT2D eigenvalue weighted by molar-refractivity contribution is 6.06. The van der Waals surface area contributed by atoms with E-state index >= 15 is 0 Å². The number of amides is 1. The van der Waals surface area contributed by atoms with E-state index in [9.17, 15) is 14.9 Å². The van der Waals surface area contributed by atoms with Crippen molar-refractivity contribution in [1.82, 2.24) is 5.32 Å². The van der Waals surface area contributed by atoms with Crippen molar-refractivity contribution >= 4 is 17.6 Å². The van der Waals surface area contributed by atoms with Gasteiger partial charge in [0.25, 0.3) is 5.91 Å². The van der Waals surface area contributed by atoms with Crippen molar-refractivity contribution in [3.05, 3.63) is 41.6 Å². The van der Waals surface area contributed by atoms with Crippen LogP contribution in [0.25, 0.3) is 0 Å². The molecule has 6 nitrogen and oxygen atoms in total. The van der Waals surface area contributed by atoms with Gasteiger partial charge in [-0.15, -0.1) is 0 Å². The van der Waals surface area contributed by atoms with Gasteiger partial charge in [0.1, 0.15) is 11.6 Å². The minimum Gasteiger partial charge on any atom is -0.478 e. The van der Waals surface area contributed by atoms with Gasteiger partial charge in [-0.2, -0.15) is 5.26 Å². The van der Waals surface area contributed by atoms with Crippen LogP contribution in [-0.2, 0) is 4.79 Å². The molecule has 0 saturated heterocycles. The molecule has 0 aromatic heterocycles. The molecule has 0 aliphatic heterocycles. The number of benzene rings is 1. The number of carboxylic acid groups (broad SMARTS) is 1. The minimum absolute atomic E-state index is 0.0338. The van der Waals surface area contributed by atoms with Crippen LogP contribution in [0.2, 0.25) is 0 Å². The molecule has 2 unspecified atom stereocenters. The number of carbonyl (C=O) groups excluding carboxylic acids is 1. The van der Waals surface area contributed by atoms with E-state index in [0.29, 0.717) is 11.6 Å². The first-order valence-corrected chi connectivity index (χ1v) is 8.02. The summed E-state index contributed by atoms with van der Waals surface area (Å²) in [5.74, 6) is -1.13. The summed E-state index contributed by atoms with van der Waals surface area (Å²) < 4.78 is 0. The van der Waals surface area contributed by atoms with Crippen LogP contribution in [0.4, 0.5) is 5.69 Å². The number of nitriles is 1. The summed E-state index contributed by atoms with van der Waals surface area (Å²) in [6.45, 7) is 2.16. The topological polar surface area (TPSA) is 102 Å². The number of carbonyl (C=O) groups is 2. The molecule has 1 aromatic carbocycles. The minimum atomic E-state index is -1.07. The van der Waals surface area contributed by atoms with Crippen molar-refractivity contribution in [2.24, 2.45) is 5.92 Å². The van der Waals surface area contributed by atoms with E-state index in [-0.39, 0.29) is 17.2 Å². The van der Waals surface area contributed by atoms with E-state index in [1.54, 1.807) is 6.07 Å². The van der Waals surface area contributed by atoms with Crippen LogP contribution in [0.5, 0.6) is 0 Å². The highest BCUT2D eigenvalue weighted by Gasteiger charge is 2.20. The van der Waals surface area contributed by atoms with Crippen LogP contribution in [0.3, 0.4) is 0 Å². The molecule has 1 amide bonds. The van der Waals surface area contributed by atoms with E-state index < -0.39 is 11.9 Å². The molecule has 1 aromatic rings. The fourth-order valence-electron chi connectivity index (χ4n) is 2.83. The zero-order valence-electron chi connectivity index (χ0n) is 13.6. The average molecular weight is 327 g/mol. The predicted octanol–water partition coefficient (Wildman–Crippen LogP) is 2.90. The highest BCUT2D eigenvalue weighted by atomic mass is 16.4. The summed E-state index contributed by atoms with van der Waals surface area (Å²) in [6, 6.07) is 8.06. The fraction of sp³-hybridized carbons (Fsp3) is 0.389. The Morgan fingerprint density at radius 1 is 1.33 bits per heavy atom. The van der Waals surface area contributed by atoms with Gasteiger partial charge in [-0.25, -0.2) is 4.79 Å². The number of hydrogen-bond acceptors (Lipinski definition) is 4. The molecule has 1 aliphatic rings. The third-order valence-electron chi connectivity index (χ3n) is 4.29. The molecule has 0 radical (unpaired) electrons. The van der Waals surface area contributed by atoms with Gasteiger partial charge in [0.15, 0.2) is 0 Å². The maximum absolute atomic E-state index is 12.2. The van der Waals surface area contributed by atoms with Gasteiger partial charge in [-0.05, 0) is 37.0 Å². The first-order valence-electron chi connectivity index (χ1n) is 8.02. The fourth-order valence-corrected chi connectivity index (χ4v) is 2.83. The Morgan fingerprint density at radius 3 is 2.75 bits per heavy atom. The second kappa shape index (κ2) is 8.16. The molecular weight excluding hydrogens is 306 g/mol. The lowest BCUT2D eigenvalue weighted by molar-refractivity contribution is -0.112. The van der Waals surface area contributed by atoms with Crippen LogP contribution < -0.4 is 10.6 Å². The van der Waals surface area contributed by atoms with Gasteiger partial charge >= 0.3 is 5.97 Å². The summed E-state index contributed by atoms with van der Waals surface area (Å²) in [5, 5.41) is 23.9. The molecule has 6 heteroatoms. The van der Waals surface area contributed by atoms with Crippen molar-refractivity contribution in [1.29, 1.82) is 5.26 Å². The second-order valence-electron chi connectivity index (χ2n) is 6.04. The summed E-state index contributed by atoms with van der Waals surface area (Å²) in [6.07, 6.45) is 5.99. The van der Waals surface area contributed by atoms with Crippen LogP contribution in [0.1, 0.15) is 43.0 Å². The van der Waals surface area contributed by atoms with Crippen molar-refractivity contribution in [2.75, 3.05) is 5.32 Å². The second-order valence-corrected chi connectivity index (χ2v) is 6.04. The smallest absolute Gasteiger partial charge is 0.335 e. The third kappa shape index (κ3) is 4.59. The molecule has 0 spiro atoms. The van der Waals surface area contributed by atoms with Gasteiger partial charge < -0.3 is 15.7 Å². The van der Waals surface area contributed by atoms with Gasteiger partial charge in [-0.3, -0.25) is 4.79 Å². The van der Waals surface area contributed by atoms with E-state index in [0.717, 1.165) is 19.3 Å². The van der Waals surface area contributed by atoms with Crippen molar-refractivity contribution in [3.63, 3.8) is 0 Å². The number of anilines is 1. The van der Waals surface area contributed by atoms with Gasteiger partial charge in [0, 0.05) is 17.9 Å². The molecule has 126 valence electrons. The van der Waals surface area contributed by atoms with Crippen LogP contribution in [0.15, 0.2) is 36.0 Å². The summed E-state index contributed by atoms with van der Waals surface area (Å²) in [7, 11) is 0. The summed E-state index contributed by atoms with van der Waals surface area (Å²) in [4.78, 5) is 23.1. The molecular formula is C18H21N3O3. The van der Waals surface area contributed by atoms with E-state index in [1.807, 2.05) is 6.07 Å². The number of nitrogens with one attached hydrogen (secondary N) is 2. The van der Waals surface area contributed by atoms with Crippen LogP contribution >= 0.6 is 0 Å². The highest BCUT2D eigenvalue weighted by Crippen LogP contribution is 2.23. The van der Waals surface area contributed by atoms with E-state index in [4.69, 9.17) is 5.11 Å². The largest absolute Gasteiger partial charge is 0.478 e. The van der Waals surface area contributed by atoms with Crippen molar-refractivity contribution < 1.29 is 14.7 Å². The van der Waals surface area contributed by atoms with Gasteiger partial charge in [0.05, 0.1) is 5.56 Å².